The minimum Gasteiger partial charge on any atom is -0.484 e. The van der Waals surface area contributed by atoms with Crippen molar-refractivity contribution in [1.82, 2.24) is 14.8 Å². The summed E-state index contributed by atoms with van der Waals surface area (Å²) in [6, 6.07) is 11.3. The first kappa shape index (κ1) is 18.7. The molecule has 0 radical (unpaired) electrons. The minimum atomic E-state index is 0.0142. The van der Waals surface area contributed by atoms with Crippen LogP contribution in [0.15, 0.2) is 42.6 Å². The summed E-state index contributed by atoms with van der Waals surface area (Å²) in [5.41, 5.74) is 2.24. The van der Waals surface area contributed by atoms with Crippen LogP contribution in [0.25, 0.3) is 0 Å². The van der Waals surface area contributed by atoms with Gasteiger partial charge in [0.25, 0.3) is 5.91 Å². The van der Waals surface area contributed by atoms with E-state index in [4.69, 9.17) is 16.3 Å². The molecular formula is C20H24ClN3O2. The van der Waals surface area contributed by atoms with Crippen molar-refractivity contribution >= 4 is 17.5 Å². The maximum absolute atomic E-state index is 12.4. The predicted molar refractivity (Wildman–Crippen MR) is 102 cm³/mol. The van der Waals surface area contributed by atoms with E-state index in [1.54, 1.807) is 18.2 Å². The van der Waals surface area contributed by atoms with Crippen LogP contribution in [-0.4, -0.2) is 53.5 Å². The molecule has 1 aliphatic rings. The first-order valence-corrected chi connectivity index (χ1v) is 9.28. The molecule has 0 atom stereocenters. The van der Waals surface area contributed by atoms with Crippen LogP contribution >= 0.6 is 11.6 Å². The number of aryl methyl sites for hydroxylation is 1. The summed E-state index contributed by atoms with van der Waals surface area (Å²) in [6.45, 7) is 6.19. The number of hydrogen-bond donors (Lipinski definition) is 0. The first-order valence-electron chi connectivity index (χ1n) is 8.90. The molecular weight excluding hydrogens is 350 g/mol. The van der Waals surface area contributed by atoms with E-state index in [2.05, 4.69) is 22.0 Å². The van der Waals surface area contributed by atoms with Crippen LogP contribution in [0.1, 0.15) is 17.7 Å². The number of nitrogens with zero attached hydrogens (tertiary/aromatic N) is 3. The fourth-order valence-corrected chi connectivity index (χ4v) is 3.17. The smallest absolute Gasteiger partial charge is 0.260 e. The Morgan fingerprint density at radius 1 is 1.19 bits per heavy atom. The van der Waals surface area contributed by atoms with E-state index in [0.717, 1.165) is 38.3 Å². The molecule has 0 bridgehead atoms. The SMILES string of the molecule is Cc1ccc(CN2CCCN(C(=O)COc3cccc(Cl)c3)CC2)nc1. The van der Waals surface area contributed by atoms with Crippen molar-refractivity contribution < 1.29 is 9.53 Å². The molecule has 0 spiro atoms. The zero-order valence-electron chi connectivity index (χ0n) is 15.0. The van der Waals surface area contributed by atoms with E-state index in [1.165, 1.54) is 5.56 Å². The van der Waals surface area contributed by atoms with Crippen molar-refractivity contribution in [2.24, 2.45) is 0 Å². The molecule has 2 heterocycles. The Morgan fingerprint density at radius 3 is 2.85 bits per heavy atom. The van der Waals surface area contributed by atoms with Crippen molar-refractivity contribution in [2.45, 2.75) is 19.9 Å². The monoisotopic (exact) mass is 373 g/mol. The number of ether oxygens (including phenoxy) is 1. The average Bonchev–Trinajstić information content (AvgIpc) is 2.87. The lowest BCUT2D eigenvalue weighted by Crippen LogP contribution is -2.38. The van der Waals surface area contributed by atoms with Crippen molar-refractivity contribution in [1.29, 1.82) is 0 Å². The van der Waals surface area contributed by atoms with Crippen LogP contribution in [-0.2, 0) is 11.3 Å². The zero-order chi connectivity index (χ0) is 18.4. The van der Waals surface area contributed by atoms with Crippen LogP contribution in [0, 0.1) is 6.92 Å². The molecule has 1 fully saturated rings. The molecule has 1 aliphatic heterocycles. The van der Waals surface area contributed by atoms with E-state index in [1.807, 2.05) is 24.1 Å². The molecule has 3 rings (SSSR count). The first-order chi connectivity index (χ1) is 12.6. The van der Waals surface area contributed by atoms with Gasteiger partial charge in [0.2, 0.25) is 0 Å². The van der Waals surface area contributed by atoms with Gasteiger partial charge in [-0.05, 0) is 43.2 Å². The molecule has 0 aliphatic carbocycles. The Morgan fingerprint density at radius 2 is 2.08 bits per heavy atom. The third-order valence-corrected chi connectivity index (χ3v) is 4.69. The molecule has 0 N–H and O–H groups in total. The molecule has 6 heteroatoms. The van der Waals surface area contributed by atoms with E-state index in [9.17, 15) is 4.79 Å². The number of amides is 1. The Balaban J connectivity index is 1.48. The maximum atomic E-state index is 12.4. The third-order valence-electron chi connectivity index (χ3n) is 4.46. The second-order valence-corrected chi connectivity index (χ2v) is 7.02. The van der Waals surface area contributed by atoms with Gasteiger partial charge in [-0.1, -0.05) is 23.7 Å². The van der Waals surface area contributed by atoms with Crippen LogP contribution < -0.4 is 4.74 Å². The van der Waals surface area contributed by atoms with Crippen molar-refractivity contribution in [3.8, 4) is 5.75 Å². The number of halogens is 1. The number of carbonyl (C=O) groups is 1. The van der Waals surface area contributed by atoms with Gasteiger partial charge in [0.15, 0.2) is 6.61 Å². The Bertz CT molecular complexity index is 736. The molecule has 0 saturated carbocycles. The van der Waals surface area contributed by atoms with Gasteiger partial charge in [-0.25, -0.2) is 0 Å². The number of rotatable bonds is 5. The summed E-state index contributed by atoms with van der Waals surface area (Å²) >= 11 is 5.94. The van der Waals surface area contributed by atoms with E-state index < -0.39 is 0 Å². The second-order valence-electron chi connectivity index (χ2n) is 6.58. The molecule has 2 aromatic rings. The van der Waals surface area contributed by atoms with Gasteiger partial charge >= 0.3 is 0 Å². The molecule has 138 valence electrons. The summed E-state index contributed by atoms with van der Waals surface area (Å²) in [6.07, 6.45) is 2.85. The average molecular weight is 374 g/mol. The quantitative estimate of drug-likeness (QED) is 0.807. The van der Waals surface area contributed by atoms with Gasteiger partial charge in [0.05, 0.1) is 5.69 Å². The summed E-state index contributed by atoms with van der Waals surface area (Å²) in [5.74, 6) is 0.632. The van der Waals surface area contributed by atoms with Gasteiger partial charge in [0.1, 0.15) is 5.75 Å². The largest absolute Gasteiger partial charge is 0.484 e. The lowest BCUT2D eigenvalue weighted by atomic mass is 10.2. The summed E-state index contributed by atoms with van der Waals surface area (Å²) in [7, 11) is 0. The second kappa shape index (κ2) is 9.01. The van der Waals surface area contributed by atoms with Crippen LogP contribution in [0.3, 0.4) is 0 Å². The highest BCUT2D eigenvalue weighted by atomic mass is 35.5. The normalized spacial score (nSPS) is 15.5. The van der Waals surface area contributed by atoms with E-state index in [0.29, 0.717) is 17.3 Å². The minimum absolute atomic E-state index is 0.0142. The number of benzene rings is 1. The lowest BCUT2D eigenvalue weighted by molar-refractivity contribution is -0.133. The topological polar surface area (TPSA) is 45.7 Å². The number of pyridine rings is 1. The predicted octanol–water partition coefficient (Wildman–Crippen LogP) is 3.16. The fraction of sp³-hybridized carbons (Fsp3) is 0.400. The van der Waals surface area contributed by atoms with Crippen molar-refractivity contribution in [3.63, 3.8) is 0 Å². The van der Waals surface area contributed by atoms with Crippen molar-refractivity contribution in [2.75, 3.05) is 32.8 Å². The van der Waals surface area contributed by atoms with Crippen LogP contribution in [0.2, 0.25) is 5.02 Å². The Hall–Kier alpha value is -2.11. The highest BCUT2D eigenvalue weighted by Gasteiger charge is 2.19. The van der Waals surface area contributed by atoms with Crippen molar-refractivity contribution in [3.05, 3.63) is 58.9 Å². The maximum Gasteiger partial charge on any atom is 0.260 e. The Labute approximate surface area is 159 Å². The summed E-state index contributed by atoms with van der Waals surface area (Å²) in [5, 5.41) is 0.602. The summed E-state index contributed by atoms with van der Waals surface area (Å²) in [4.78, 5) is 21.2. The van der Waals surface area contributed by atoms with Gasteiger partial charge in [0, 0.05) is 43.9 Å². The van der Waals surface area contributed by atoms with Crippen LogP contribution in [0.5, 0.6) is 5.75 Å². The number of aromatic nitrogens is 1. The van der Waals surface area contributed by atoms with Gasteiger partial charge < -0.3 is 9.64 Å². The Kier molecular flexibility index (Phi) is 6.47. The zero-order valence-corrected chi connectivity index (χ0v) is 15.8. The third kappa shape index (κ3) is 5.44. The lowest BCUT2D eigenvalue weighted by Gasteiger charge is -2.22. The molecule has 0 unspecified atom stereocenters. The molecule has 26 heavy (non-hydrogen) atoms. The summed E-state index contributed by atoms with van der Waals surface area (Å²) < 4.78 is 5.58. The van der Waals surface area contributed by atoms with Gasteiger partial charge in [-0.2, -0.15) is 0 Å². The highest BCUT2D eigenvalue weighted by molar-refractivity contribution is 6.30. The van der Waals surface area contributed by atoms with E-state index >= 15 is 0 Å². The molecule has 1 amide bonds. The highest BCUT2D eigenvalue weighted by Crippen LogP contribution is 2.17. The molecule has 5 nitrogen and oxygen atoms in total. The fourth-order valence-electron chi connectivity index (χ4n) is 2.99. The van der Waals surface area contributed by atoms with Gasteiger partial charge in [-0.3, -0.25) is 14.7 Å². The number of carbonyl (C=O) groups excluding carboxylic acids is 1. The standard InChI is InChI=1S/C20H24ClN3O2/c1-16-6-7-18(22-13-16)14-23-8-3-9-24(11-10-23)20(25)15-26-19-5-2-4-17(21)12-19/h2,4-7,12-13H,3,8-11,14-15H2,1H3. The number of hydrogen-bond acceptors (Lipinski definition) is 4. The van der Waals surface area contributed by atoms with E-state index in [-0.39, 0.29) is 12.5 Å². The van der Waals surface area contributed by atoms with Gasteiger partial charge in [-0.15, -0.1) is 0 Å². The molecule has 1 aromatic carbocycles. The molecule has 1 aromatic heterocycles. The van der Waals surface area contributed by atoms with Crippen LogP contribution in [0.4, 0.5) is 0 Å². The molecule has 1 saturated heterocycles.